The Morgan fingerprint density at radius 2 is 2.00 bits per heavy atom. The molecule has 3 nitrogen and oxygen atoms in total. The molecule has 0 amide bonds. The van der Waals surface area contributed by atoms with Gasteiger partial charge in [-0.25, -0.2) is 0 Å². The van der Waals surface area contributed by atoms with E-state index in [0.717, 1.165) is 5.56 Å². The van der Waals surface area contributed by atoms with Gasteiger partial charge in [0.25, 0.3) is 0 Å². The van der Waals surface area contributed by atoms with Crippen LogP contribution in [0.25, 0.3) is 0 Å². The number of benzene rings is 1. The van der Waals surface area contributed by atoms with Gasteiger partial charge in [0.1, 0.15) is 0 Å². The van der Waals surface area contributed by atoms with Crippen molar-refractivity contribution in [2.24, 2.45) is 5.73 Å². The van der Waals surface area contributed by atoms with Crippen molar-refractivity contribution in [3.63, 3.8) is 0 Å². The van der Waals surface area contributed by atoms with Crippen LogP contribution in [0.2, 0.25) is 0 Å². The minimum Gasteiger partial charge on any atom is -0.481 e. The largest absolute Gasteiger partial charge is 0.481 e. The van der Waals surface area contributed by atoms with Crippen molar-refractivity contribution in [1.29, 1.82) is 0 Å². The lowest BCUT2D eigenvalue weighted by atomic mass is 9.85. The van der Waals surface area contributed by atoms with E-state index in [-0.39, 0.29) is 6.42 Å². The Balaban J connectivity index is 2.95. The van der Waals surface area contributed by atoms with Crippen molar-refractivity contribution in [3.05, 3.63) is 35.9 Å². The van der Waals surface area contributed by atoms with Gasteiger partial charge in [-0.3, -0.25) is 4.79 Å². The van der Waals surface area contributed by atoms with Gasteiger partial charge in [-0.15, -0.1) is 0 Å². The fraction of sp³-hybridized carbons (Fsp3) is 0.364. The number of carboxylic acids is 1. The highest BCUT2D eigenvalue weighted by Crippen LogP contribution is 2.25. The summed E-state index contributed by atoms with van der Waals surface area (Å²) in [5.41, 5.74) is 6.18. The summed E-state index contributed by atoms with van der Waals surface area (Å²) in [6.07, 6.45) is 0.580. The number of nitrogens with two attached hydrogens (primary N) is 1. The van der Waals surface area contributed by atoms with Crippen molar-refractivity contribution in [1.82, 2.24) is 0 Å². The number of hydrogen-bond donors (Lipinski definition) is 2. The maximum atomic E-state index is 10.7. The first kappa shape index (κ1) is 10.7. The SMILES string of the molecule is CC[C@](N)(CC(=O)O)c1ccccc1. The van der Waals surface area contributed by atoms with Crippen LogP contribution in [-0.4, -0.2) is 11.1 Å². The predicted octanol–water partition coefficient (Wildman–Crippen LogP) is 1.73. The third-order valence-corrected chi connectivity index (χ3v) is 2.45. The molecule has 0 aliphatic rings. The highest BCUT2D eigenvalue weighted by molar-refractivity contribution is 5.68. The fourth-order valence-corrected chi connectivity index (χ4v) is 1.47. The zero-order chi connectivity index (χ0) is 10.6. The maximum Gasteiger partial charge on any atom is 0.305 e. The summed E-state index contributed by atoms with van der Waals surface area (Å²) in [5, 5.41) is 8.76. The number of rotatable bonds is 4. The quantitative estimate of drug-likeness (QED) is 0.765. The number of hydrogen-bond acceptors (Lipinski definition) is 2. The molecule has 0 unspecified atom stereocenters. The fourth-order valence-electron chi connectivity index (χ4n) is 1.47. The summed E-state index contributed by atoms with van der Waals surface area (Å²) < 4.78 is 0. The predicted molar refractivity (Wildman–Crippen MR) is 54.9 cm³/mol. The molecule has 0 heterocycles. The van der Waals surface area contributed by atoms with E-state index in [2.05, 4.69) is 0 Å². The summed E-state index contributed by atoms with van der Waals surface area (Å²) in [6, 6.07) is 9.36. The highest BCUT2D eigenvalue weighted by atomic mass is 16.4. The molecule has 3 heteroatoms. The smallest absolute Gasteiger partial charge is 0.305 e. The summed E-state index contributed by atoms with van der Waals surface area (Å²) in [7, 11) is 0. The van der Waals surface area contributed by atoms with Gasteiger partial charge in [-0.1, -0.05) is 37.3 Å². The molecular formula is C11H15NO2. The minimum absolute atomic E-state index is 0.0342. The van der Waals surface area contributed by atoms with Gasteiger partial charge in [0, 0.05) is 0 Å². The molecule has 1 aromatic carbocycles. The number of carboxylic acid groups (broad SMARTS) is 1. The van der Waals surface area contributed by atoms with Gasteiger partial charge in [0.05, 0.1) is 12.0 Å². The lowest BCUT2D eigenvalue weighted by Crippen LogP contribution is -2.38. The Hall–Kier alpha value is -1.35. The second kappa shape index (κ2) is 4.24. The lowest BCUT2D eigenvalue weighted by Gasteiger charge is -2.26. The van der Waals surface area contributed by atoms with Crippen LogP contribution in [0, 0.1) is 0 Å². The average Bonchev–Trinajstić information content (AvgIpc) is 2.18. The van der Waals surface area contributed by atoms with Crippen LogP contribution in [0.1, 0.15) is 25.3 Å². The zero-order valence-electron chi connectivity index (χ0n) is 8.23. The van der Waals surface area contributed by atoms with Crippen LogP contribution < -0.4 is 5.73 Å². The Morgan fingerprint density at radius 3 is 2.43 bits per heavy atom. The van der Waals surface area contributed by atoms with Crippen molar-refractivity contribution >= 4 is 5.97 Å². The normalized spacial score (nSPS) is 14.7. The van der Waals surface area contributed by atoms with Crippen molar-refractivity contribution in [2.75, 3.05) is 0 Å². The topological polar surface area (TPSA) is 63.3 Å². The van der Waals surface area contributed by atoms with E-state index >= 15 is 0 Å². The van der Waals surface area contributed by atoms with Crippen LogP contribution >= 0.6 is 0 Å². The molecule has 1 rings (SSSR count). The lowest BCUT2D eigenvalue weighted by molar-refractivity contribution is -0.138. The van der Waals surface area contributed by atoms with E-state index in [1.54, 1.807) is 0 Å². The first-order chi connectivity index (χ1) is 6.58. The van der Waals surface area contributed by atoms with Crippen molar-refractivity contribution in [3.8, 4) is 0 Å². The maximum absolute atomic E-state index is 10.7. The Morgan fingerprint density at radius 1 is 1.43 bits per heavy atom. The van der Waals surface area contributed by atoms with E-state index in [1.165, 1.54) is 0 Å². The average molecular weight is 193 g/mol. The van der Waals surface area contributed by atoms with E-state index in [0.29, 0.717) is 6.42 Å². The molecule has 14 heavy (non-hydrogen) atoms. The van der Waals surface area contributed by atoms with Crippen LogP contribution in [0.4, 0.5) is 0 Å². The molecule has 0 aliphatic carbocycles. The van der Waals surface area contributed by atoms with Gasteiger partial charge < -0.3 is 10.8 Å². The van der Waals surface area contributed by atoms with E-state index in [4.69, 9.17) is 10.8 Å². The van der Waals surface area contributed by atoms with Crippen LogP contribution in [0.5, 0.6) is 0 Å². The molecule has 0 saturated carbocycles. The van der Waals surface area contributed by atoms with Gasteiger partial charge in [-0.05, 0) is 12.0 Å². The molecule has 0 aliphatic heterocycles. The second-order valence-electron chi connectivity index (χ2n) is 3.45. The third-order valence-electron chi connectivity index (χ3n) is 2.45. The highest BCUT2D eigenvalue weighted by Gasteiger charge is 2.27. The van der Waals surface area contributed by atoms with Crippen LogP contribution in [-0.2, 0) is 10.3 Å². The van der Waals surface area contributed by atoms with Crippen LogP contribution in [0.3, 0.4) is 0 Å². The summed E-state index contributed by atoms with van der Waals surface area (Å²) in [6.45, 7) is 1.90. The van der Waals surface area contributed by atoms with Gasteiger partial charge in [0.15, 0.2) is 0 Å². The molecule has 3 N–H and O–H groups in total. The third kappa shape index (κ3) is 2.33. The standard InChI is InChI=1S/C11H15NO2/c1-2-11(12,8-10(13)14)9-6-4-3-5-7-9/h3-7H,2,8,12H2,1H3,(H,13,14)/t11-/m0/s1. The zero-order valence-corrected chi connectivity index (χ0v) is 8.23. The summed E-state index contributed by atoms with van der Waals surface area (Å²) in [5.74, 6) is -0.863. The van der Waals surface area contributed by atoms with Gasteiger partial charge in [0.2, 0.25) is 0 Å². The summed E-state index contributed by atoms with van der Waals surface area (Å²) in [4.78, 5) is 10.7. The molecule has 1 aromatic rings. The minimum atomic E-state index is -0.863. The van der Waals surface area contributed by atoms with E-state index in [1.807, 2.05) is 37.3 Å². The molecule has 0 bridgehead atoms. The second-order valence-corrected chi connectivity index (χ2v) is 3.45. The summed E-state index contributed by atoms with van der Waals surface area (Å²) >= 11 is 0. The molecule has 0 fully saturated rings. The van der Waals surface area contributed by atoms with Crippen LogP contribution in [0.15, 0.2) is 30.3 Å². The molecule has 0 saturated heterocycles. The van der Waals surface area contributed by atoms with E-state index in [9.17, 15) is 4.79 Å². The van der Waals surface area contributed by atoms with Gasteiger partial charge >= 0.3 is 5.97 Å². The van der Waals surface area contributed by atoms with Crippen molar-refractivity contribution < 1.29 is 9.90 Å². The molecule has 0 spiro atoms. The number of aliphatic carboxylic acids is 1. The van der Waals surface area contributed by atoms with Crippen molar-refractivity contribution in [2.45, 2.75) is 25.3 Å². The van der Waals surface area contributed by atoms with E-state index < -0.39 is 11.5 Å². The molecule has 0 aromatic heterocycles. The Kier molecular flexibility index (Phi) is 3.25. The molecule has 0 radical (unpaired) electrons. The Labute approximate surface area is 83.6 Å². The Bertz CT molecular complexity index is 310. The molecular weight excluding hydrogens is 178 g/mol. The number of carbonyl (C=O) groups is 1. The monoisotopic (exact) mass is 193 g/mol. The van der Waals surface area contributed by atoms with Gasteiger partial charge in [-0.2, -0.15) is 0 Å². The first-order valence-electron chi connectivity index (χ1n) is 4.64. The first-order valence-corrected chi connectivity index (χ1v) is 4.64. The molecule has 76 valence electrons. The molecule has 1 atom stereocenters.